The molecule has 1 aromatic rings. The van der Waals surface area contributed by atoms with Crippen molar-refractivity contribution in [2.24, 2.45) is 0 Å². The molecule has 14 heavy (non-hydrogen) atoms. The van der Waals surface area contributed by atoms with Crippen LogP contribution in [0.4, 0.5) is 0 Å². The summed E-state index contributed by atoms with van der Waals surface area (Å²) in [4.78, 5) is 9.37. The first kappa shape index (κ1) is 15.9. The van der Waals surface area contributed by atoms with E-state index in [1.165, 1.54) is 0 Å². The van der Waals surface area contributed by atoms with Gasteiger partial charge in [-0.1, -0.05) is 36.8 Å². The molecule has 0 unspecified atom stereocenters. The van der Waals surface area contributed by atoms with Crippen LogP contribution in [-0.2, 0) is 4.79 Å². The number of hydrogen-bond donors (Lipinski definition) is 1. The van der Waals surface area contributed by atoms with E-state index in [9.17, 15) is 9.90 Å². The Bertz CT molecular complexity index is 236. The molecule has 0 radical (unpaired) electrons. The van der Waals surface area contributed by atoms with E-state index >= 15 is 0 Å². The molecule has 1 aromatic carbocycles. The molecular formula is C10H13NaO3. The molecule has 4 heteroatoms. The smallest absolute Gasteiger partial charge is 0.872 e. The summed E-state index contributed by atoms with van der Waals surface area (Å²) in [5.74, 6) is -0.666. The van der Waals surface area contributed by atoms with Crippen LogP contribution in [0.5, 0.6) is 5.75 Å². The zero-order valence-corrected chi connectivity index (χ0v) is 10.8. The van der Waals surface area contributed by atoms with E-state index in [2.05, 4.69) is 0 Å². The van der Waals surface area contributed by atoms with Crippen molar-refractivity contribution in [2.45, 2.75) is 20.3 Å². The van der Waals surface area contributed by atoms with E-state index in [-0.39, 0.29) is 41.7 Å². The van der Waals surface area contributed by atoms with Crippen molar-refractivity contribution < 1.29 is 44.6 Å². The van der Waals surface area contributed by atoms with Gasteiger partial charge in [-0.3, -0.25) is 4.79 Å². The Morgan fingerprint density at radius 1 is 1.36 bits per heavy atom. The summed E-state index contributed by atoms with van der Waals surface area (Å²) >= 11 is 0. The van der Waals surface area contributed by atoms with Crippen molar-refractivity contribution in [3.05, 3.63) is 29.8 Å². The van der Waals surface area contributed by atoms with Crippen molar-refractivity contribution >= 4 is 5.97 Å². The van der Waals surface area contributed by atoms with Gasteiger partial charge in [0.1, 0.15) is 0 Å². The van der Waals surface area contributed by atoms with Gasteiger partial charge in [-0.05, 0) is 6.92 Å². The Hall–Kier alpha value is -0.510. The maximum absolute atomic E-state index is 10.4. The van der Waals surface area contributed by atoms with Gasteiger partial charge in [0.15, 0.2) is 0 Å². The molecule has 1 rings (SSSR count). The fourth-order valence-electron chi connectivity index (χ4n) is 0.538. The first-order chi connectivity index (χ1) is 6.06. The average molecular weight is 204 g/mol. The SMILES string of the molecule is CCC(=O)O.Cc1ccc([O-])cc1.[Na+]. The first-order valence-corrected chi connectivity index (χ1v) is 4.01. The quantitative estimate of drug-likeness (QED) is 0.569. The van der Waals surface area contributed by atoms with Crippen molar-refractivity contribution in [1.82, 2.24) is 0 Å². The summed E-state index contributed by atoms with van der Waals surface area (Å²) < 4.78 is 0. The summed E-state index contributed by atoms with van der Waals surface area (Å²) in [7, 11) is 0. The molecule has 0 aliphatic heterocycles. The second-order valence-electron chi connectivity index (χ2n) is 2.56. The number of carboxylic acids is 1. The molecular weight excluding hydrogens is 191 g/mol. The van der Waals surface area contributed by atoms with E-state index in [0.29, 0.717) is 0 Å². The second kappa shape index (κ2) is 9.06. The molecule has 0 spiro atoms. The van der Waals surface area contributed by atoms with Crippen LogP contribution in [0.1, 0.15) is 18.9 Å². The van der Waals surface area contributed by atoms with E-state index in [4.69, 9.17) is 5.11 Å². The molecule has 72 valence electrons. The van der Waals surface area contributed by atoms with E-state index < -0.39 is 5.97 Å². The Morgan fingerprint density at radius 3 is 1.93 bits per heavy atom. The number of benzene rings is 1. The Morgan fingerprint density at radius 2 is 1.71 bits per heavy atom. The van der Waals surface area contributed by atoms with Crippen molar-refractivity contribution in [1.29, 1.82) is 0 Å². The van der Waals surface area contributed by atoms with E-state index in [1.807, 2.05) is 19.1 Å². The number of carboxylic acid groups (broad SMARTS) is 1. The van der Waals surface area contributed by atoms with Gasteiger partial charge in [-0.15, -0.1) is 5.75 Å². The maximum atomic E-state index is 10.4. The minimum Gasteiger partial charge on any atom is -0.872 e. The number of carbonyl (C=O) groups is 1. The molecule has 0 aromatic heterocycles. The van der Waals surface area contributed by atoms with Crippen LogP contribution in [0.3, 0.4) is 0 Å². The first-order valence-electron chi connectivity index (χ1n) is 4.01. The van der Waals surface area contributed by atoms with Crippen LogP contribution >= 0.6 is 0 Å². The van der Waals surface area contributed by atoms with Gasteiger partial charge >= 0.3 is 35.5 Å². The van der Waals surface area contributed by atoms with Gasteiger partial charge in [0.25, 0.3) is 0 Å². The van der Waals surface area contributed by atoms with Crippen molar-refractivity contribution in [3.8, 4) is 5.75 Å². The summed E-state index contributed by atoms with van der Waals surface area (Å²) in [5, 5.41) is 18.1. The topological polar surface area (TPSA) is 60.4 Å². The number of rotatable bonds is 1. The minimum absolute atomic E-state index is 0. The summed E-state index contributed by atoms with van der Waals surface area (Å²) in [6.07, 6.45) is 0.222. The molecule has 0 aliphatic rings. The number of aryl methyl sites for hydroxylation is 1. The summed E-state index contributed by atoms with van der Waals surface area (Å²) in [6.45, 7) is 3.56. The molecule has 0 aliphatic carbocycles. The zero-order chi connectivity index (χ0) is 10.3. The number of hydrogen-bond acceptors (Lipinski definition) is 2. The van der Waals surface area contributed by atoms with Crippen LogP contribution in [0, 0.1) is 6.92 Å². The second-order valence-corrected chi connectivity index (χ2v) is 2.56. The van der Waals surface area contributed by atoms with Gasteiger partial charge in [0.2, 0.25) is 0 Å². The Balaban J connectivity index is 0. The molecule has 0 fully saturated rings. The minimum atomic E-state index is -0.745. The largest absolute Gasteiger partial charge is 1.00 e. The fourth-order valence-corrected chi connectivity index (χ4v) is 0.538. The zero-order valence-electron chi connectivity index (χ0n) is 8.78. The summed E-state index contributed by atoms with van der Waals surface area (Å²) in [5.41, 5.74) is 1.13. The third kappa shape index (κ3) is 9.58. The molecule has 0 amide bonds. The van der Waals surface area contributed by atoms with Gasteiger partial charge in [0, 0.05) is 6.42 Å². The normalized spacial score (nSPS) is 7.86. The molecule has 0 heterocycles. The van der Waals surface area contributed by atoms with E-state index in [0.717, 1.165) is 5.56 Å². The van der Waals surface area contributed by atoms with Crippen LogP contribution in [0.25, 0.3) is 0 Å². The Labute approximate surface area is 106 Å². The van der Waals surface area contributed by atoms with Gasteiger partial charge in [-0.25, -0.2) is 0 Å². The molecule has 0 atom stereocenters. The average Bonchev–Trinajstić information content (AvgIpc) is 2.11. The fraction of sp³-hybridized carbons (Fsp3) is 0.300. The predicted molar refractivity (Wildman–Crippen MR) is 48.6 cm³/mol. The molecule has 0 saturated carbocycles. The van der Waals surface area contributed by atoms with Gasteiger partial charge < -0.3 is 10.2 Å². The predicted octanol–water partition coefficient (Wildman–Crippen LogP) is -1.45. The van der Waals surface area contributed by atoms with E-state index in [1.54, 1.807) is 19.1 Å². The van der Waals surface area contributed by atoms with Crippen molar-refractivity contribution in [2.75, 3.05) is 0 Å². The van der Waals surface area contributed by atoms with Crippen LogP contribution in [0.15, 0.2) is 24.3 Å². The van der Waals surface area contributed by atoms with Crippen LogP contribution in [0.2, 0.25) is 0 Å². The molecule has 0 saturated heterocycles. The molecule has 3 nitrogen and oxygen atoms in total. The third-order valence-electron chi connectivity index (χ3n) is 1.32. The number of aliphatic carboxylic acids is 1. The summed E-state index contributed by atoms with van der Waals surface area (Å²) in [6, 6.07) is 6.75. The molecule has 1 N–H and O–H groups in total. The third-order valence-corrected chi connectivity index (χ3v) is 1.32. The van der Waals surface area contributed by atoms with Gasteiger partial charge in [-0.2, -0.15) is 0 Å². The Kier molecular flexibility index (Phi) is 10.3. The van der Waals surface area contributed by atoms with Crippen LogP contribution in [-0.4, -0.2) is 11.1 Å². The van der Waals surface area contributed by atoms with Gasteiger partial charge in [0.05, 0.1) is 0 Å². The molecule has 0 bridgehead atoms. The van der Waals surface area contributed by atoms with Crippen LogP contribution < -0.4 is 34.7 Å². The van der Waals surface area contributed by atoms with Crippen molar-refractivity contribution in [3.63, 3.8) is 0 Å². The maximum Gasteiger partial charge on any atom is 1.00 e. The standard InChI is InChI=1S/C7H8O.C3H6O2.Na/c1-6-2-4-7(8)5-3-6;1-2-3(4)5;/h2-5,8H,1H3;2H2,1H3,(H,4,5);/q;;+1/p-1. The monoisotopic (exact) mass is 204 g/mol.